The van der Waals surface area contributed by atoms with Crippen molar-refractivity contribution in [2.45, 2.75) is 6.92 Å². The van der Waals surface area contributed by atoms with E-state index in [-0.39, 0.29) is 17.2 Å². The highest BCUT2D eigenvalue weighted by Crippen LogP contribution is 2.30. The molecule has 0 radical (unpaired) electrons. The van der Waals surface area contributed by atoms with Crippen molar-refractivity contribution < 1.29 is 14.1 Å². The lowest BCUT2D eigenvalue weighted by atomic mass is 10.2. The number of hydrogen-bond donors (Lipinski definition) is 0. The first-order valence-electron chi connectivity index (χ1n) is 5.64. The molecule has 2 aromatic carbocycles. The maximum atomic E-state index is 13.8. The normalized spacial score (nSPS) is 9.85. The van der Waals surface area contributed by atoms with Gasteiger partial charge in [-0.15, -0.1) is 0 Å². The van der Waals surface area contributed by atoms with E-state index >= 15 is 0 Å². The van der Waals surface area contributed by atoms with Gasteiger partial charge < -0.3 is 4.74 Å². The Balaban J connectivity index is 2.37. The zero-order valence-electron chi connectivity index (χ0n) is 10.5. The van der Waals surface area contributed by atoms with E-state index < -0.39 is 10.7 Å². The van der Waals surface area contributed by atoms with Crippen molar-refractivity contribution in [3.8, 4) is 17.6 Å². The number of nitro groups is 1. The van der Waals surface area contributed by atoms with Crippen LogP contribution in [0.3, 0.4) is 0 Å². The van der Waals surface area contributed by atoms with Crippen molar-refractivity contribution in [3.63, 3.8) is 0 Å². The fourth-order valence-electron chi connectivity index (χ4n) is 1.68. The number of nitro benzene ring substituents is 1. The first-order valence-corrected chi connectivity index (χ1v) is 5.64. The van der Waals surface area contributed by atoms with E-state index in [1.807, 2.05) is 6.07 Å². The number of ether oxygens (including phenoxy) is 1. The molecular formula is C14H9FN2O3. The fraction of sp³-hybridized carbons (Fsp3) is 0.0714. The highest BCUT2D eigenvalue weighted by Gasteiger charge is 2.16. The van der Waals surface area contributed by atoms with E-state index in [1.54, 1.807) is 18.2 Å². The quantitative estimate of drug-likeness (QED) is 0.630. The minimum atomic E-state index is -0.829. The van der Waals surface area contributed by atoms with Crippen LogP contribution in [0.4, 0.5) is 10.1 Å². The summed E-state index contributed by atoms with van der Waals surface area (Å²) in [5, 5.41) is 19.5. The number of nitrogens with zero attached hydrogens (tertiary/aromatic N) is 2. The second-order valence-corrected chi connectivity index (χ2v) is 4.07. The van der Waals surface area contributed by atoms with Crippen molar-refractivity contribution in [2.75, 3.05) is 0 Å². The molecule has 0 heterocycles. The van der Waals surface area contributed by atoms with Gasteiger partial charge >= 0.3 is 0 Å². The monoisotopic (exact) mass is 272 g/mol. The number of rotatable bonds is 3. The average Bonchev–Trinajstić information content (AvgIpc) is 2.42. The Morgan fingerprint density at radius 3 is 2.75 bits per heavy atom. The minimum absolute atomic E-state index is 0.122. The third kappa shape index (κ3) is 2.72. The van der Waals surface area contributed by atoms with Crippen LogP contribution in [0.1, 0.15) is 11.1 Å². The smallest absolute Gasteiger partial charge is 0.275 e. The molecule has 0 N–H and O–H groups in total. The van der Waals surface area contributed by atoms with Crippen LogP contribution in [-0.2, 0) is 0 Å². The lowest BCUT2D eigenvalue weighted by Crippen LogP contribution is -1.96. The van der Waals surface area contributed by atoms with Gasteiger partial charge in [0.25, 0.3) is 5.69 Å². The van der Waals surface area contributed by atoms with Crippen molar-refractivity contribution in [3.05, 3.63) is 63.5 Å². The van der Waals surface area contributed by atoms with Crippen LogP contribution in [0, 0.1) is 34.2 Å². The summed E-state index contributed by atoms with van der Waals surface area (Å²) in [6.45, 7) is 1.50. The molecule has 0 spiro atoms. The Morgan fingerprint density at radius 1 is 1.35 bits per heavy atom. The molecule has 0 saturated heterocycles. The third-order valence-corrected chi connectivity index (χ3v) is 2.64. The zero-order chi connectivity index (χ0) is 14.7. The van der Waals surface area contributed by atoms with Gasteiger partial charge in [0, 0.05) is 5.56 Å². The molecule has 0 aliphatic carbocycles. The SMILES string of the molecule is Cc1cc(Oc2cccc(C#N)c2)c(F)cc1[N+](=O)[O-]. The molecule has 0 saturated carbocycles. The summed E-state index contributed by atoms with van der Waals surface area (Å²) in [7, 11) is 0. The molecule has 0 aliphatic rings. The molecule has 0 unspecified atom stereocenters. The maximum absolute atomic E-state index is 13.8. The van der Waals surface area contributed by atoms with Gasteiger partial charge in [-0.1, -0.05) is 6.07 Å². The molecule has 0 bridgehead atoms. The summed E-state index contributed by atoms with van der Waals surface area (Å²) < 4.78 is 19.1. The molecule has 0 fully saturated rings. The molecule has 0 aliphatic heterocycles. The summed E-state index contributed by atoms with van der Waals surface area (Å²) in [5.74, 6) is -0.663. The molecule has 5 nitrogen and oxygen atoms in total. The topological polar surface area (TPSA) is 76.2 Å². The average molecular weight is 272 g/mol. The van der Waals surface area contributed by atoms with Crippen LogP contribution in [0.2, 0.25) is 0 Å². The van der Waals surface area contributed by atoms with E-state index in [0.29, 0.717) is 11.1 Å². The first-order chi connectivity index (χ1) is 9.51. The van der Waals surface area contributed by atoms with Gasteiger partial charge in [-0.2, -0.15) is 5.26 Å². The lowest BCUT2D eigenvalue weighted by Gasteiger charge is -2.08. The third-order valence-electron chi connectivity index (χ3n) is 2.64. The lowest BCUT2D eigenvalue weighted by molar-refractivity contribution is -0.385. The highest BCUT2D eigenvalue weighted by atomic mass is 19.1. The number of nitriles is 1. The van der Waals surface area contributed by atoms with Crippen LogP contribution >= 0.6 is 0 Å². The molecule has 2 rings (SSSR count). The summed E-state index contributed by atoms with van der Waals surface area (Å²) in [5.41, 5.74) is 0.366. The van der Waals surface area contributed by atoms with E-state index in [9.17, 15) is 14.5 Å². The molecular weight excluding hydrogens is 263 g/mol. The van der Waals surface area contributed by atoms with Crippen LogP contribution < -0.4 is 4.74 Å². The van der Waals surface area contributed by atoms with Gasteiger partial charge in [0.1, 0.15) is 5.75 Å². The standard InChI is InChI=1S/C14H9FN2O3/c1-9-5-14(12(15)7-13(9)17(18)19)20-11-4-2-3-10(6-11)8-16/h2-7H,1H3. The number of hydrogen-bond acceptors (Lipinski definition) is 4. The molecule has 100 valence electrons. The van der Waals surface area contributed by atoms with Crippen LogP contribution in [0.15, 0.2) is 36.4 Å². The van der Waals surface area contributed by atoms with Gasteiger partial charge in [-0.3, -0.25) is 10.1 Å². The van der Waals surface area contributed by atoms with Crippen LogP contribution in [0.5, 0.6) is 11.5 Å². The molecule has 6 heteroatoms. The van der Waals surface area contributed by atoms with Crippen molar-refractivity contribution >= 4 is 5.69 Å². The van der Waals surface area contributed by atoms with Crippen LogP contribution in [-0.4, -0.2) is 4.92 Å². The first kappa shape index (κ1) is 13.5. The number of benzene rings is 2. The summed E-state index contributed by atoms with van der Waals surface area (Å²) >= 11 is 0. The Morgan fingerprint density at radius 2 is 2.10 bits per heavy atom. The molecule has 0 aromatic heterocycles. The van der Waals surface area contributed by atoms with E-state index in [2.05, 4.69) is 0 Å². The van der Waals surface area contributed by atoms with Gasteiger partial charge in [0.2, 0.25) is 0 Å². The predicted octanol–water partition coefficient (Wildman–Crippen LogP) is 3.71. The Labute approximate surface area is 114 Å². The molecule has 2 aromatic rings. The summed E-state index contributed by atoms with van der Waals surface area (Å²) in [4.78, 5) is 10.0. The number of aryl methyl sites for hydroxylation is 1. The molecule has 0 atom stereocenters. The molecule has 0 amide bonds. The largest absolute Gasteiger partial charge is 0.454 e. The van der Waals surface area contributed by atoms with E-state index in [1.165, 1.54) is 19.1 Å². The van der Waals surface area contributed by atoms with E-state index in [0.717, 1.165) is 6.07 Å². The fourth-order valence-corrected chi connectivity index (χ4v) is 1.68. The highest BCUT2D eigenvalue weighted by molar-refractivity contribution is 5.47. The zero-order valence-corrected chi connectivity index (χ0v) is 10.5. The van der Waals surface area contributed by atoms with Gasteiger partial charge in [0.05, 0.1) is 22.6 Å². The molecule has 20 heavy (non-hydrogen) atoms. The maximum Gasteiger partial charge on any atom is 0.275 e. The predicted molar refractivity (Wildman–Crippen MR) is 69.0 cm³/mol. The minimum Gasteiger partial charge on any atom is -0.454 e. The van der Waals surface area contributed by atoms with Crippen molar-refractivity contribution in [2.24, 2.45) is 0 Å². The second kappa shape index (κ2) is 5.36. The van der Waals surface area contributed by atoms with E-state index in [4.69, 9.17) is 10.00 Å². The summed E-state index contributed by atoms with van der Waals surface area (Å²) in [6.07, 6.45) is 0. The Bertz CT molecular complexity index is 723. The Kier molecular flexibility index (Phi) is 3.62. The van der Waals surface area contributed by atoms with Gasteiger partial charge in [-0.05, 0) is 31.2 Å². The second-order valence-electron chi connectivity index (χ2n) is 4.07. The van der Waals surface area contributed by atoms with Crippen molar-refractivity contribution in [1.82, 2.24) is 0 Å². The Hall–Kier alpha value is -2.94. The van der Waals surface area contributed by atoms with Crippen molar-refractivity contribution in [1.29, 1.82) is 5.26 Å². The summed E-state index contributed by atoms with van der Waals surface area (Å²) in [6, 6.07) is 10.2. The van der Waals surface area contributed by atoms with Gasteiger partial charge in [0.15, 0.2) is 11.6 Å². The van der Waals surface area contributed by atoms with Gasteiger partial charge in [-0.25, -0.2) is 4.39 Å². The number of halogens is 1. The van der Waals surface area contributed by atoms with Crippen LogP contribution in [0.25, 0.3) is 0 Å².